The van der Waals surface area contributed by atoms with Crippen molar-refractivity contribution in [1.29, 1.82) is 0 Å². The number of aliphatic hydroxyl groups excluding tert-OH is 1. The molecule has 13 nitrogen and oxygen atoms in total. The summed E-state index contributed by atoms with van der Waals surface area (Å²) in [6, 6.07) is -0.762. The van der Waals surface area contributed by atoms with Gasteiger partial charge in [0.05, 0.1) is 65.7 Å². The van der Waals surface area contributed by atoms with E-state index >= 15 is 0 Å². The summed E-state index contributed by atoms with van der Waals surface area (Å²) in [6.07, 6.45) is -1.46. The zero-order valence-electron chi connectivity index (χ0n) is 21.0. The number of ether oxygens (including phenoxy) is 7. The SMILES string of the molecule is CC(=O)N[C@@H]1[C@H]2OC(C)(C)O[C@H]2[C@@](C)(COCCOCCOCCOCCOS(C)(=O)=O)O[C@@H]1O. The van der Waals surface area contributed by atoms with Crippen molar-refractivity contribution in [3.05, 3.63) is 0 Å². The first-order valence-corrected chi connectivity index (χ1v) is 13.3. The van der Waals surface area contributed by atoms with Crippen LogP contribution in [0.2, 0.25) is 0 Å². The lowest BCUT2D eigenvalue weighted by Crippen LogP contribution is -2.67. The molecule has 2 fully saturated rings. The zero-order chi connectivity index (χ0) is 26.1. The Balaban J connectivity index is 1.59. The fourth-order valence-electron chi connectivity index (χ4n) is 3.79. The van der Waals surface area contributed by atoms with Crippen LogP contribution in [0.15, 0.2) is 0 Å². The van der Waals surface area contributed by atoms with Gasteiger partial charge in [0.2, 0.25) is 5.91 Å². The van der Waals surface area contributed by atoms with Gasteiger partial charge < -0.3 is 43.6 Å². The van der Waals surface area contributed by atoms with Gasteiger partial charge in [0.15, 0.2) is 12.1 Å². The molecular formula is C21H39NO12S. The van der Waals surface area contributed by atoms with Gasteiger partial charge in [-0.3, -0.25) is 8.98 Å². The average Bonchev–Trinajstić information content (AvgIpc) is 3.07. The van der Waals surface area contributed by atoms with E-state index in [1.807, 2.05) is 0 Å². The highest BCUT2D eigenvalue weighted by molar-refractivity contribution is 7.85. The van der Waals surface area contributed by atoms with Crippen molar-refractivity contribution in [1.82, 2.24) is 5.32 Å². The summed E-state index contributed by atoms with van der Waals surface area (Å²) < 4.78 is 65.7. The number of carbonyl (C=O) groups excluding carboxylic acids is 1. The zero-order valence-corrected chi connectivity index (χ0v) is 21.8. The Morgan fingerprint density at radius 3 is 1.91 bits per heavy atom. The lowest BCUT2D eigenvalue weighted by Gasteiger charge is -2.46. The van der Waals surface area contributed by atoms with Crippen molar-refractivity contribution < 1.29 is 55.7 Å². The Hall–Kier alpha value is -0.940. The normalized spacial score (nSPS) is 30.2. The van der Waals surface area contributed by atoms with Crippen LogP contribution in [0.25, 0.3) is 0 Å². The maximum Gasteiger partial charge on any atom is 0.264 e. The second-order valence-corrected chi connectivity index (χ2v) is 10.6. The molecule has 2 aliphatic rings. The lowest BCUT2D eigenvalue weighted by molar-refractivity contribution is -0.279. The topological polar surface area (TPSA) is 157 Å². The molecular weight excluding hydrogens is 490 g/mol. The molecule has 206 valence electrons. The number of carbonyl (C=O) groups is 1. The summed E-state index contributed by atoms with van der Waals surface area (Å²) in [7, 11) is -3.45. The van der Waals surface area contributed by atoms with Crippen LogP contribution in [0, 0.1) is 0 Å². The molecule has 0 unspecified atom stereocenters. The van der Waals surface area contributed by atoms with Gasteiger partial charge in [-0.15, -0.1) is 0 Å². The molecule has 0 saturated carbocycles. The van der Waals surface area contributed by atoms with Crippen LogP contribution in [0.4, 0.5) is 0 Å². The Morgan fingerprint density at radius 2 is 1.40 bits per heavy atom. The molecule has 14 heteroatoms. The van der Waals surface area contributed by atoms with Crippen molar-refractivity contribution in [2.45, 2.75) is 63.6 Å². The maximum absolute atomic E-state index is 11.6. The number of amides is 1. The Kier molecular flexibility index (Phi) is 11.7. The van der Waals surface area contributed by atoms with Gasteiger partial charge in [0.1, 0.15) is 23.9 Å². The molecule has 2 aliphatic heterocycles. The number of nitrogens with one attached hydrogen (secondary N) is 1. The van der Waals surface area contributed by atoms with Gasteiger partial charge in [-0.25, -0.2) is 0 Å². The van der Waals surface area contributed by atoms with Gasteiger partial charge in [-0.05, 0) is 20.8 Å². The van der Waals surface area contributed by atoms with Gasteiger partial charge >= 0.3 is 0 Å². The summed E-state index contributed by atoms with van der Waals surface area (Å²) >= 11 is 0. The first-order chi connectivity index (χ1) is 16.3. The highest BCUT2D eigenvalue weighted by Gasteiger charge is 2.60. The van der Waals surface area contributed by atoms with Gasteiger partial charge in [0.25, 0.3) is 10.1 Å². The van der Waals surface area contributed by atoms with E-state index in [2.05, 4.69) is 9.50 Å². The van der Waals surface area contributed by atoms with Crippen LogP contribution < -0.4 is 5.32 Å². The van der Waals surface area contributed by atoms with Crippen LogP contribution in [0.5, 0.6) is 0 Å². The molecule has 0 aliphatic carbocycles. The monoisotopic (exact) mass is 529 g/mol. The lowest BCUT2D eigenvalue weighted by atomic mass is 9.87. The van der Waals surface area contributed by atoms with Crippen molar-refractivity contribution in [2.24, 2.45) is 0 Å². The standard InChI is InChI=1S/C21H39NO12S/c1-15(23)22-16-17-18(33-20(2,3)32-17)21(4,34-19(16)24)14-30-11-10-28-7-6-27-8-9-29-12-13-31-35(5,25)26/h16-19,24H,6-14H2,1-5H3,(H,22,23)/t16-,17-,18-,19+,21-/m1/s1. The van der Waals surface area contributed by atoms with Crippen molar-refractivity contribution >= 4 is 16.0 Å². The van der Waals surface area contributed by atoms with E-state index in [-0.39, 0.29) is 32.3 Å². The van der Waals surface area contributed by atoms with E-state index in [9.17, 15) is 18.3 Å². The van der Waals surface area contributed by atoms with Crippen LogP contribution in [0.3, 0.4) is 0 Å². The molecule has 0 aromatic rings. The van der Waals surface area contributed by atoms with Gasteiger partial charge in [0, 0.05) is 6.92 Å². The molecule has 0 radical (unpaired) electrons. The molecule has 1 amide bonds. The van der Waals surface area contributed by atoms with Crippen LogP contribution in [0.1, 0.15) is 27.7 Å². The third-order valence-electron chi connectivity index (χ3n) is 5.18. The fraction of sp³-hybridized carbons (Fsp3) is 0.952. The smallest absolute Gasteiger partial charge is 0.264 e. The van der Waals surface area contributed by atoms with Crippen molar-refractivity contribution in [3.8, 4) is 0 Å². The number of aliphatic hydroxyl groups is 1. The third-order valence-corrected chi connectivity index (χ3v) is 5.78. The van der Waals surface area contributed by atoms with E-state index in [0.717, 1.165) is 6.26 Å². The predicted octanol–water partition coefficient (Wildman–Crippen LogP) is -0.839. The van der Waals surface area contributed by atoms with Crippen LogP contribution in [-0.2, 0) is 52.3 Å². The summed E-state index contributed by atoms with van der Waals surface area (Å²) in [5.41, 5.74) is -0.998. The predicted molar refractivity (Wildman–Crippen MR) is 121 cm³/mol. The number of fused-ring (bicyclic) bond motifs is 1. The number of hydrogen-bond acceptors (Lipinski definition) is 12. The first kappa shape index (κ1) is 30.3. The van der Waals surface area contributed by atoms with E-state index in [4.69, 9.17) is 33.2 Å². The second-order valence-electron chi connectivity index (χ2n) is 8.98. The van der Waals surface area contributed by atoms with Crippen molar-refractivity contribution in [3.63, 3.8) is 0 Å². The summed E-state index contributed by atoms with van der Waals surface area (Å²) in [6.45, 7) is 8.91. The Bertz CT molecular complexity index is 763. The molecule has 0 bridgehead atoms. The largest absolute Gasteiger partial charge is 0.377 e. The minimum atomic E-state index is -3.45. The molecule has 35 heavy (non-hydrogen) atoms. The number of rotatable bonds is 16. The molecule has 2 N–H and O–H groups in total. The summed E-state index contributed by atoms with van der Waals surface area (Å²) in [5.74, 6) is -1.21. The molecule has 2 rings (SSSR count). The first-order valence-electron chi connectivity index (χ1n) is 11.5. The highest BCUT2D eigenvalue weighted by atomic mass is 32.2. The molecule has 0 spiro atoms. The molecule has 2 heterocycles. The van der Waals surface area contributed by atoms with E-state index in [0.29, 0.717) is 33.0 Å². The minimum Gasteiger partial charge on any atom is -0.377 e. The van der Waals surface area contributed by atoms with Crippen LogP contribution in [-0.4, -0.2) is 121 Å². The van der Waals surface area contributed by atoms with Crippen LogP contribution >= 0.6 is 0 Å². The van der Waals surface area contributed by atoms with E-state index in [1.165, 1.54) is 6.92 Å². The quantitative estimate of drug-likeness (QED) is 0.189. The average molecular weight is 530 g/mol. The van der Waals surface area contributed by atoms with E-state index in [1.54, 1.807) is 20.8 Å². The number of hydrogen-bond donors (Lipinski definition) is 2. The molecule has 5 atom stereocenters. The Morgan fingerprint density at radius 1 is 0.886 bits per heavy atom. The maximum atomic E-state index is 11.6. The van der Waals surface area contributed by atoms with Gasteiger partial charge in [-0.2, -0.15) is 8.42 Å². The third kappa shape index (κ3) is 10.5. The fourth-order valence-corrected chi connectivity index (χ4v) is 4.16. The highest BCUT2D eigenvalue weighted by Crippen LogP contribution is 2.42. The Labute approximate surface area is 206 Å². The summed E-state index contributed by atoms with van der Waals surface area (Å²) in [4.78, 5) is 11.6. The summed E-state index contributed by atoms with van der Waals surface area (Å²) in [5, 5.41) is 13.2. The van der Waals surface area contributed by atoms with E-state index < -0.39 is 46.0 Å². The second kappa shape index (κ2) is 13.6. The molecule has 2 saturated heterocycles. The van der Waals surface area contributed by atoms with Crippen molar-refractivity contribution in [2.75, 3.05) is 65.7 Å². The molecule has 0 aromatic carbocycles. The minimum absolute atomic E-state index is 0.0286. The molecule has 0 aromatic heterocycles. The van der Waals surface area contributed by atoms with Gasteiger partial charge in [-0.1, -0.05) is 0 Å².